The predicted molar refractivity (Wildman–Crippen MR) is 93.2 cm³/mol. The van der Waals surface area contributed by atoms with Gasteiger partial charge in [0.05, 0.1) is 5.69 Å². The first-order chi connectivity index (χ1) is 9.83. The number of hydrogen-bond acceptors (Lipinski definition) is 1. The van der Waals surface area contributed by atoms with Crippen LogP contribution in [0.15, 0.2) is 0 Å². The first kappa shape index (κ1) is 18.3. The van der Waals surface area contributed by atoms with Gasteiger partial charge in [0, 0.05) is 22.9 Å². The van der Waals surface area contributed by atoms with Crippen molar-refractivity contribution in [1.82, 2.24) is 9.97 Å². The maximum absolute atomic E-state index is 4.97. The molecule has 0 aliphatic rings. The Kier molecular flexibility index (Phi) is 6.96. The smallest absolute Gasteiger partial charge is 0.109 e. The molecule has 0 amide bonds. The monoisotopic (exact) mass is 292 g/mol. The summed E-state index contributed by atoms with van der Waals surface area (Å²) in [7, 11) is 0. The highest BCUT2D eigenvalue weighted by molar-refractivity contribution is 5.27. The molecule has 21 heavy (non-hydrogen) atoms. The Morgan fingerprint density at radius 2 is 1.71 bits per heavy atom. The van der Waals surface area contributed by atoms with Crippen molar-refractivity contribution in [1.29, 1.82) is 0 Å². The minimum atomic E-state index is 0.201. The molecule has 1 atom stereocenters. The average Bonchev–Trinajstić information content (AvgIpc) is 2.85. The van der Waals surface area contributed by atoms with E-state index in [9.17, 15) is 0 Å². The van der Waals surface area contributed by atoms with E-state index in [1.807, 2.05) is 0 Å². The van der Waals surface area contributed by atoms with E-state index in [1.54, 1.807) is 0 Å². The van der Waals surface area contributed by atoms with Gasteiger partial charge < -0.3 is 4.98 Å². The fourth-order valence-corrected chi connectivity index (χ4v) is 3.06. The molecule has 1 unspecified atom stereocenters. The lowest BCUT2D eigenvalue weighted by Crippen LogP contribution is -2.20. The number of nitrogens with one attached hydrogen (secondary N) is 1. The summed E-state index contributed by atoms with van der Waals surface area (Å²) in [5.74, 6) is 2.18. The van der Waals surface area contributed by atoms with Crippen molar-refractivity contribution < 1.29 is 0 Å². The second kappa shape index (κ2) is 8.00. The minimum Gasteiger partial charge on any atom is -0.345 e. The summed E-state index contributed by atoms with van der Waals surface area (Å²) in [5, 5.41) is 0. The zero-order valence-corrected chi connectivity index (χ0v) is 15.3. The van der Waals surface area contributed by atoms with E-state index in [0.29, 0.717) is 11.8 Å². The van der Waals surface area contributed by atoms with E-state index < -0.39 is 0 Å². The van der Waals surface area contributed by atoms with Crippen LogP contribution in [0.1, 0.15) is 116 Å². The third-order valence-electron chi connectivity index (χ3n) is 4.57. The van der Waals surface area contributed by atoms with Gasteiger partial charge in [-0.2, -0.15) is 0 Å². The lowest BCUT2D eigenvalue weighted by atomic mass is 9.80. The summed E-state index contributed by atoms with van der Waals surface area (Å²) in [6.45, 7) is 16.1. The van der Waals surface area contributed by atoms with E-state index in [4.69, 9.17) is 4.98 Å². The van der Waals surface area contributed by atoms with Crippen molar-refractivity contribution >= 4 is 0 Å². The first-order valence-electron chi connectivity index (χ1n) is 8.93. The SMILES string of the molecule is CCCCCC(C)(C)c1[nH]c(C(C)C)nc1C(C)CCC. The van der Waals surface area contributed by atoms with E-state index in [2.05, 4.69) is 53.5 Å². The molecule has 1 N–H and O–H groups in total. The largest absolute Gasteiger partial charge is 0.345 e. The number of aromatic nitrogens is 2. The predicted octanol–water partition coefficient (Wildman–Crippen LogP) is 6.29. The Balaban J connectivity index is 3.06. The topological polar surface area (TPSA) is 28.7 Å². The van der Waals surface area contributed by atoms with Crippen LogP contribution in [0.4, 0.5) is 0 Å². The van der Waals surface area contributed by atoms with Crippen LogP contribution in [-0.4, -0.2) is 9.97 Å². The molecule has 0 fully saturated rings. The molecule has 1 aromatic rings. The molecule has 0 aliphatic carbocycles. The van der Waals surface area contributed by atoms with Crippen LogP contribution in [-0.2, 0) is 5.41 Å². The van der Waals surface area contributed by atoms with Crippen molar-refractivity contribution in [3.8, 4) is 0 Å². The highest BCUT2D eigenvalue weighted by Gasteiger charge is 2.29. The standard InChI is InChI=1S/C19H36N2/c1-8-10-11-13-19(6,7)17-16(15(5)12-9-2)20-18(21-17)14(3)4/h14-15H,8-13H2,1-7H3,(H,20,21). The lowest BCUT2D eigenvalue weighted by molar-refractivity contribution is 0.432. The number of H-pyrrole nitrogens is 1. The molecule has 0 spiro atoms. The molecule has 1 heterocycles. The highest BCUT2D eigenvalue weighted by atomic mass is 15.0. The van der Waals surface area contributed by atoms with Gasteiger partial charge in [-0.1, -0.05) is 74.1 Å². The number of aromatic amines is 1. The zero-order chi connectivity index (χ0) is 16.0. The molecule has 0 saturated heterocycles. The fraction of sp³-hybridized carbons (Fsp3) is 0.842. The van der Waals surface area contributed by atoms with E-state index in [0.717, 1.165) is 5.82 Å². The Hall–Kier alpha value is -0.790. The number of imidazole rings is 1. The second-order valence-corrected chi connectivity index (χ2v) is 7.57. The van der Waals surface area contributed by atoms with Gasteiger partial charge in [-0.3, -0.25) is 0 Å². The van der Waals surface area contributed by atoms with E-state index in [-0.39, 0.29) is 5.41 Å². The summed E-state index contributed by atoms with van der Waals surface area (Å²) in [6, 6.07) is 0. The Morgan fingerprint density at radius 3 is 2.24 bits per heavy atom. The minimum absolute atomic E-state index is 0.201. The normalized spacial score (nSPS) is 13.9. The van der Waals surface area contributed by atoms with Gasteiger partial charge in [-0.15, -0.1) is 0 Å². The van der Waals surface area contributed by atoms with Crippen LogP contribution in [0.2, 0.25) is 0 Å². The molecule has 1 aromatic heterocycles. The number of nitrogens with zero attached hydrogens (tertiary/aromatic N) is 1. The van der Waals surface area contributed by atoms with Crippen LogP contribution in [0.3, 0.4) is 0 Å². The maximum atomic E-state index is 4.97. The second-order valence-electron chi connectivity index (χ2n) is 7.57. The summed E-state index contributed by atoms with van der Waals surface area (Å²) in [4.78, 5) is 8.64. The van der Waals surface area contributed by atoms with E-state index in [1.165, 1.54) is 49.9 Å². The average molecular weight is 293 g/mol. The van der Waals surface area contributed by atoms with Gasteiger partial charge in [0.1, 0.15) is 5.82 Å². The molecule has 0 bridgehead atoms. The third kappa shape index (κ3) is 4.86. The molecule has 2 heteroatoms. The first-order valence-corrected chi connectivity index (χ1v) is 8.93. The molecule has 2 nitrogen and oxygen atoms in total. The Bertz CT molecular complexity index is 415. The van der Waals surface area contributed by atoms with Gasteiger partial charge in [0.25, 0.3) is 0 Å². The molecular weight excluding hydrogens is 256 g/mol. The van der Waals surface area contributed by atoms with Gasteiger partial charge in [0.15, 0.2) is 0 Å². The summed E-state index contributed by atoms with van der Waals surface area (Å²) in [5.41, 5.74) is 2.91. The van der Waals surface area contributed by atoms with Gasteiger partial charge in [-0.25, -0.2) is 4.98 Å². The molecule has 0 aliphatic heterocycles. The van der Waals surface area contributed by atoms with Gasteiger partial charge in [0.2, 0.25) is 0 Å². The van der Waals surface area contributed by atoms with Crippen LogP contribution in [0.5, 0.6) is 0 Å². The Labute approximate surface area is 132 Å². The molecule has 122 valence electrons. The van der Waals surface area contributed by atoms with Crippen LogP contribution >= 0.6 is 0 Å². The zero-order valence-electron chi connectivity index (χ0n) is 15.3. The molecular formula is C19H36N2. The van der Waals surface area contributed by atoms with Crippen molar-refractivity contribution in [3.05, 3.63) is 17.2 Å². The van der Waals surface area contributed by atoms with Crippen molar-refractivity contribution in [2.75, 3.05) is 0 Å². The molecule has 1 rings (SSSR count). The van der Waals surface area contributed by atoms with Gasteiger partial charge in [-0.05, 0) is 12.8 Å². The number of hydrogen-bond donors (Lipinski definition) is 1. The number of unbranched alkanes of at least 4 members (excludes halogenated alkanes) is 2. The van der Waals surface area contributed by atoms with Crippen molar-refractivity contribution in [2.24, 2.45) is 0 Å². The van der Waals surface area contributed by atoms with Crippen LogP contribution < -0.4 is 0 Å². The third-order valence-corrected chi connectivity index (χ3v) is 4.57. The van der Waals surface area contributed by atoms with Crippen LogP contribution in [0, 0.1) is 0 Å². The van der Waals surface area contributed by atoms with E-state index >= 15 is 0 Å². The Morgan fingerprint density at radius 1 is 1.05 bits per heavy atom. The molecule has 0 radical (unpaired) electrons. The van der Waals surface area contributed by atoms with Crippen molar-refractivity contribution in [3.63, 3.8) is 0 Å². The quantitative estimate of drug-likeness (QED) is 0.532. The van der Waals surface area contributed by atoms with Crippen molar-refractivity contribution in [2.45, 2.75) is 104 Å². The highest BCUT2D eigenvalue weighted by Crippen LogP contribution is 2.35. The van der Waals surface area contributed by atoms with Gasteiger partial charge >= 0.3 is 0 Å². The van der Waals surface area contributed by atoms with Crippen LogP contribution in [0.25, 0.3) is 0 Å². The maximum Gasteiger partial charge on any atom is 0.109 e. The number of rotatable bonds is 9. The summed E-state index contributed by atoms with van der Waals surface area (Å²) >= 11 is 0. The lowest BCUT2D eigenvalue weighted by Gasteiger charge is -2.26. The summed E-state index contributed by atoms with van der Waals surface area (Å²) < 4.78 is 0. The summed E-state index contributed by atoms with van der Waals surface area (Å²) in [6.07, 6.45) is 7.61. The fourth-order valence-electron chi connectivity index (χ4n) is 3.06. The molecule has 0 aromatic carbocycles. The molecule has 0 saturated carbocycles.